The fourth-order valence-electron chi connectivity index (χ4n) is 5.39. The summed E-state index contributed by atoms with van der Waals surface area (Å²) in [4.78, 5) is 17.8. The van der Waals surface area contributed by atoms with Crippen molar-refractivity contribution in [1.29, 1.82) is 0 Å². The van der Waals surface area contributed by atoms with Crippen molar-refractivity contribution in [3.8, 4) is 16.9 Å². The lowest BCUT2D eigenvalue weighted by Crippen LogP contribution is -2.34. The molecule has 1 atom stereocenters. The van der Waals surface area contributed by atoms with Gasteiger partial charge in [-0.1, -0.05) is 18.2 Å². The third-order valence-corrected chi connectivity index (χ3v) is 7.29. The molecule has 1 aliphatic carbocycles. The number of hydrogen-bond acceptors (Lipinski definition) is 3. The summed E-state index contributed by atoms with van der Waals surface area (Å²) in [5, 5.41) is 3.30. The molecule has 0 spiro atoms. The summed E-state index contributed by atoms with van der Waals surface area (Å²) in [5.41, 5.74) is 0.322. The largest absolute Gasteiger partial charge is 0.493 e. The number of hydrogen-bond donors (Lipinski definition) is 1. The van der Waals surface area contributed by atoms with Crippen LogP contribution in [0.2, 0.25) is 0 Å². The molecule has 1 saturated carbocycles. The van der Waals surface area contributed by atoms with Gasteiger partial charge in [0.2, 0.25) is 0 Å². The minimum Gasteiger partial charge on any atom is -0.493 e. The van der Waals surface area contributed by atoms with Crippen LogP contribution in [0.1, 0.15) is 52.7 Å². The summed E-state index contributed by atoms with van der Waals surface area (Å²) in [6.45, 7) is 0.412. The Hall–Kier alpha value is -4.01. The molecule has 4 aromatic rings. The maximum Gasteiger partial charge on any atom is 0.253 e. The van der Waals surface area contributed by atoms with E-state index >= 15 is 4.39 Å². The Labute approximate surface area is 214 Å². The Morgan fingerprint density at radius 1 is 1.00 bits per heavy atom. The number of amides is 1. The van der Waals surface area contributed by atoms with Crippen LogP contribution in [0.3, 0.4) is 0 Å². The molecule has 2 heterocycles. The number of para-hydroxylation sites is 1. The van der Waals surface area contributed by atoms with Crippen LogP contribution in [-0.4, -0.2) is 23.7 Å². The van der Waals surface area contributed by atoms with Gasteiger partial charge in [0.1, 0.15) is 23.6 Å². The van der Waals surface area contributed by atoms with E-state index in [2.05, 4.69) is 10.3 Å². The average Bonchev–Trinajstić information content (AvgIpc) is 2.88. The molecule has 6 rings (SSSR count). The van der Waals surface area contributed by atoms with Crippen molar-refractivity contribution < 1.29 is 31.5 Å². The highest BCUT2D eigenvalue weighted by Crippen LogP contribution is 2.45. The standard InChI is InChI=1S/C29H21F5N2O2/c30-15-9-14(10-15)25-18-5-6-21(32)26(19-11-16(31)12-22(33)27(19)34)28(18)35-13-20(25)29(37)36-23-7-8-38-24-4-2-1-3-17(23)24/h1-6,11-15,23H,7-10H2,(H,36,37). The molecule has 1 fully saturated rings. The monoisotopic (exact) mass is 524 g/mol. The van der Waals surface area contributed by atoms with Gasteiger partial charge in [-0.15, -0.1) is 0 Å². The number of carbonyl (C=O) groups excluding carboxylic acids is 1. The first kappa shape index (κ1) is 24.3. The average molecular weight is 524 g/mol. The van der Waals surface area contributed by atoms with E-state index in [-0.39, 0.29) is 35.9 Å². The predicted molar refractivity (Wildman–Crippen MR) is 131 cm³/mol. The molecule has 1 unspecified atom stereocenters. The van der Waals surface area contributed by atoms with Crippen LogP contribution in [-0.2, 0) is 0 Å². The van der Waals surface area contributed by atoms with E-state index in [0.717, 1.165) is 11.6 Å². The maximum atomic E-state index is 15.0. The Morgan fingerprint density at radius 3 is 2.58 bits per heavy atom. The normalized spacial score (nSPS) is 20.4. The molecule has 194 valence electrons. The van der Waals surface area contributed by atoms with E-state index in [0.29, 0.717) is 41.9 Å². The van der Waals surface area contributed by atoms with Gasteiger partial charge in [-0.3, -0.25) is 9.78 Å². The summed E-state index contributed by atoms with van der Waals surface area (Å²) in [6.07, 6.45) is 1.01. The molecule has 9 heteroatoms. The van der Waals surface area contributed by atoms with Gasteiger partial charge >= 0.3 is 0 Å². The van der Waals surface area contributed by atoms with Gasteiger partial charge in [0.15, 0.2) is 11.6 Å². The Balaban J connectivity index is 1.48. The van der Waals surface area contributed by atoms with Crippen molar-refractivity contribution >= 4 is 16.8 Å². The summed E-state index contributed by atoms with van der Waals surface area (Å²) in [7, 11) is 0. The zero-order valence-corrected chi connectivity index (χ0v) is 19.9. The van der Waals surface area contributed by atoms with Crippen LogP contribution in [0.15, 0.2) is 54.7 Å². The van der Waals surface area contributed by atoms with Gasteiger partial charge in [0.05, 0.1) is 23.7 Å². The SMILES string of the molecule is O=C(NC1CCOc2ccccc21)c1cnc2c(-c3cc(F)cc(F)c3F)c(F)ccc2c1C1CC(F)C1. The van der Waals surface area contributed by atoms with E-state index in [1.165, 1.54) is 12.3 Å². The lowest BCUT2D eigenvalue weighted by atomic mass is 9.75. The molecular weight excluding hydrogens is 503 g/mol. The summed E-state index contributed by atoms with van der Waals surface area (Å²) in [6, 6.07) is 10.5. The fourth-order valence-corrected chi connectivity index (χ4v) is 5.39. The van der Waals surface area contributed by atoms with E-state index in [1.807, 2.05) is 24.3 Å². The lowest BCUT2D eigenvalue weighted by Gasteiger charge is -2.33. The minimum atomic E-state index is -1.47. The second kappa shape index (κ2) is 9.38. The van der Waals surface area contributed by atoms with Gasteiger partial charge in [0.25, 0.3) is 5.91 Å². The van der Waals surface area contributed by atoms with Crippen molar-refractivity contribution in [1.82, 2.24) is 10.3 Å². The molecule has 0 saturated heterocycles. The zero-order valence-electron chi connectivity index (χ0n) is 19.9. The fraction of sp³-hybridized carbons (Fsp3) is 0.241. The van der Waals surface area contributed by atoms with Crippen LogP contribution in [0.5, 0.6) is 5.75 Å². The van der Waals surface area contributed by atoms with Crippen molar-refractivity contribution in [2.75, 3.05) is 6.61 Å². The number of nitrogens with zero attached hydrogens (tertiary/aromatic N) is 1. The Morgan fingerprint density at radius 2 is 1.79 bits per heavy atom. The first-order chi connectivity index (χ1) is 18.3. The van der Waals surface area contributed by atoms with Gasteiger partial charge in [0, 0.05) is 40.8 Å². The number of alkyl halides is 1. The number of pyridine rings is 1. The third-order valence-electron chi connectivity index (χ3n) is 7.29. The molecule has 1 aromatic heterocycles. The molecule has 3 aromatic carbocycles. The number of rotatable bonds is 4. The molecule has 0 radical (unpaired) electrons. The first-order valence-electron chi connectivity index (χ1n) is 12.2. The third kappa shape index (κ3) is 4.06. The summed E-state index contributed by atoms with van der Waals surface area (Å²) < 4.78 is 77.3. The van der Waals surface area contributed by atoms with Gasteiger partial charge < -0.3 is 10.1 Å². The molecule has 1 amide bonds. The highest BCUT2D eigenvalue weighted by Gasteiger charge is 2.36. The van der Waals surface area contributed by atoms with E-state index < -0.39 is 46.5 Å². The van der Waals surface area contributed by atoms with Crippen LogP contribution in [0.25, 0.3) is 22.0 Å². The smallest absolute Gasteiger partial charge is 0.253 e. The second-order valence-corrected chi connectivity index (χ2v) is 9.62. The highest BCUT2D eigenvalue weighted by atomic mass is 19.2. The van der Waals surface area contributed by atoms with Crippen LogP contribution >= 0.6 is 0 Å². The molecule has 1 N–H and O–H groups in total. The van der Waals surface area contributed by atoms with Gasteiger partial charge in [-0.05, 0) is 48.6 Å². The quantitative estimate of drug-likeness (QED) is 0.233. The topological polar surface area (TPSA) is 51.2 Å². The molecular formula is C29H21F5N2O2. The summed E-state index contributed by atoms with van der Waals surface area (Å²) in [5.74, 6) is -5.06. The second-order valence-electron chi connectivity index (χ2n) is 9.62. The zero-order chi connectivity index (χ0) is 26.6. The number of ether oxygens (including phenoxy) is 1. The van der Waals surface area contributed by atoms with Gasteiger partial charge in [-0.2, -0.15) is 0 Å². The number of nitrogens with one attached hydrogen (secondary N) is 1. The Kier molecular flexibility index (Phi) is 6.01. The minimum absolute atomic E-state index is 0.0702. The molecule has 2 aliphatic rings. The number of halogens is 5. The Bertz CT molecular complexity index is 1590. The van der Waals surface area contributed by atoms with Gasteiger partial charge in [-0.25, -0.2) is 22.0 Å². The molecule has 0 bridgehead atoms. The van der Waals surface area contributed by atoms with Crippen LogP contribution < -0.4 is 10.1 Å². The van der Waals surface area contributed by atoms with E-state index in [4.69, 9.17) is 4.74 Å². The number of fused-ring (bicyclic) bond motifs is 2. The van der Waals surface area contributed by atoms with Crippen LogP contribution in [0, 0.1) is 23.3 Å². The number of benzene rings is 3. The van der Waals surface area contributed by atoms with E-state index in [9.17, 15) is 22.4 Å². The molecule has 4 nitrogen and oxygen atoms in total. The van der Waals surface area contributed by atoms with Crippen molar-refractivity contribution in [3.63, 3.8) is 0 Å². The van der Waals surface area contributed by atoms with Crippen LogP contribution in [0.4, 0.5) is 22.0 Å². The number of carbonyl (C=O) groups is 1. The van der Waals surface area contributed by atoms with Crippen molar-refractivity contribution in [3.05, 3.63) is 94.7 Å². The summed E-state index contributed by atoms with van der Waals surface area (Å²) >= 11 is 0. The first-order valence-corrected chi connectivity index (χ1v) is 12.2. The highest BCUT2D eigenvalue weighted by molar-refractivity contribution is 6.04. The maximum absolute atomic E-state index is 15.0. The molecule has 38 heavy (non-hydrogen) atoms. The lowest BCUT2D eigenvalue weighted by molar-refractivity contribution is 0.0920. The number of aromatic nitrogens is 1. The van der Waals surface area contributed by atoms with Crippen molar-refractivity contribution in [2.45, 2.75) is 37.4 Å². The molecule has 1 aliphatic heterocycles. The van der Waals surface area contributed by atoms with Crippen molar-refractivity contribution in [2.24, 2.45) is 0 Å². The van der Waals surface area contributed by atoms with E-state index in [1.54, 1.807) is 0 Å². The predicted octanol–water partition coefficient (Wildman–Crippen LogP) is 6.93.